The van der Waals surface area contributed by atoms with Crippen molar-refractivity contribution in [3.63, 3.8) is 0 Å². The number of guanidine groups is 1. The predicted octanol–water partition coefficient (Wildman–Crippen LogP) is 0.639. The van der Waals surface area contributed by atoms with Crippen LogP contribution in [0.3, 0.4) is 0 Å². The van der Waals surface area contributed by atoms with Crippen molar-refractivity contribution in [2.75, 3.05) is 26.4 Å². The number of nitrogens with zero attached hydrogens (tertiary/aromatic N) is 1. The van der Waals surface area contributed by atoms with Crippen LogP contribution in [-0.2, 0) is 9.47 Å². The summed E-state index contributed by atoms with van der Waals surface area (Å²) in [6.07, 6.45) is 5.99. The lowest BCUT2D eigenvalue weighted by molar-refractivity contribution is 0.0171. The Kier molecular flexibility index (Phi) is 5.07. The van der Waals surface area contributed by atoms with Gasteiger partial charge in [-0.05, 0) is 32.1 Å². The minimum Gasteiger partial charge on any atom is -0.379 e. The summed E-state index contributed by atoms with van der Waals surface area (Å²) in [4.78, 5) is 4.25. The Hall–Kier alpha value is -0.810. The third-order valence-electron chi connectivity index (χ3n) is 2.99. The largest absolute Gasteiger partial charge is 0.379 e. The second kappa shape index (κ2) is 6.81. The molecule has 1 atom stereocenters. The number of hydrogen-bond donors (Lipinski definition) is 2. The van der Waals surface area contributed by atoms with Crippen LogP contribution < -0.4 is 11.1 Å². The molecule has 0 aromatic heterocycles. The Bertz CT molecular complexity index is 248. The van der Waals surface area contributed by atoms with Crippen LogP contribution in [0.1, 0.15) is 32.1 Å². The lowest BCUT2D eigenvalue weighted by Gasteiger charge is -2.09. The third-order valence-corrected chi connectivity index (χ3v) is 2.99. The summed E-state index contributed by atoms with van der Waals surface area (Å²) in [5, 5.41) is 3.16. The highest BCUT2D eigenvalue weighted by Crippen LogP contribution is 2.17. The molecule has 17 heavy (non-hydrogen) atoms. The quantitative estimate of drug-likeness (QED) is 0.390. The monoisotopic (exact) mass is 241 g/mol. The molecule has 3 N–H and O–H groups in total. The van der Waals surface area contributed by atoms with Crippen LogP contribution in [0.25, 0.3) is 0 Å². The topological polar surface area (TPSA) is 68.9 Å². The van der Waals surface area contributed by atoms with Gasteiger partial charge in [0.05, 0.1) is 12.7 Å². The highest BCUT2D eigenvalue weighted by atomic mass is 16.5. The molecule has 2 aliphatic rings. The summed E-state index contributed by atoms with van der Waals surface area (Å²) in [7, 11) is 0. The van der Waals surface area contributed by atoms with Gasteiger partial charge in [0, 0.05) is 25.8 Å². The number of nitrogens with two attached hydrogens (primary N) is 1. The standard InChI is InChI=1S/C12H23N3O2/c13-12(15-10-4-5-10)14-6-2-7-16-9-11-3-1-8-17-11/h10-11H,1-9H2,(H3,13,14,15)/t11-/m1/s1. The number of ether oxygens (including phenoxy) is 2. The molecule has 1 heterocycles. The normalized spacial score (nSPS) is 25.2. The van der Waals surface area contributed by atoms with Gasteiger partial charge in [-0.25, -0.2) is 0 Å². The van der Waals surface area contributed by atoms with E-state index in [2.05, 4.69) is 10.3 Å². The molecule has 0 bridgehead atoms. The summed E-state index contributed by atoms with van der Waals surface area (Å²) in [5.74, 6) is 0.576. The zero-order valence-corrected chi connectivity index (χ0v) is 10.4. The van der Waals surface area contributed by atoms with Crippen molar-refractivity contribution in [3.8, 4) is 0 Å². The van der Waals surface area contributed by atoms with E-state index in [1.165, 1.54) is 19.3 Å². The van der Waals surface area contributed by atoms with Crippen LogP contribution >= 0.6 is 0 Å². The molecule has 0 unspecified atom stereocenters. The van der Waals surface area contributed by atoms with E-state index in [0.29, 0.717) is 18.1 Å². The average Bonchev–Trinajstić information content (AvgIpc) is 2.96. The van der Waals surface area contributed by atoms with Crippen LogP contribution in [0.2, 0.25) is 0 Å². The van der Waals surface area contributed by atoms with Crippen LogP contribution in [0.4, 0.5) is 0 Å². The maximum Gasteiger partial charge on any atom is 0.188 e. The van der Waals surface area contributed by atoms with Crippen molar-refractivity contribution >= 4 is 5.96 Å². The van der Waals surface area contributed by atoms with Gasteiger partial charge in [0.15, 0.2) is 5.96 Å². The molecule has 2 rings (SSSR count). The fourth-order valence-electron chi connectivity index (χ4n) is 1.84. The molecular formula is C12H23N3O2. The van der Waals surface area contributed by atoms with Gasteiger partial charge in [0.1, 0.15) is 0 Å². The molecule has 1 aliphatic carbocycles. The second-order valence-electron chi connectivity index (χ2n) is 4.75. The van der Waals surface area contributed by atoms with E-state index >= 15 is 0 Å². The maximum absolute atomic E-state index is 5.71. The first-order chi connectivity index (χ1) is 8.34. The van der Waals surface area contributed by atoms with Gasteiger partial charge in [-0.3, -0.25) is 4.99 Å². The Morgan fingerprint density at radius 1 is 1.41 bits per heavy atom. The average molecular weight is 241 g/mol. The Balaban J connectivity index is 1.42. The first kappa shape index (κ1) is 12.6. The third kappa shape index (κ3) is 5.37. The number of rotatable bonds is 7. The van der Waals surface area contributed by atoms with Crippen LogP contribution in [0.15, 0.2) is 4.99 Å². The molecule has 0 aromatic carbocycles. The van der Waals surface area contributed by atoms with Crippen molar-refractivity contribution in [3.05, 3.63) is 0 Å². The Morgan fingerprint density at radius 3 is 3.00 bits per heavy atom. The zero-order valence-electron chi connectivity index (χ0n) is 10.4. The molecule has 0 amide bonds. The van der Waals surface area contributed by atoms with Crippen LogP contribution in [0, 0.1) is 0 Å². The number of aliphatic imine (C=N–C) groups is 1. The van der Waals surface area contributed by atoms with Gasteiger partial charge in [-0.15, -0.1) is 0 Å². The predicted molar refractivity (Wildman–Crippen MR) is 67.1 cm³/mol. The Morgan fingerprint density at radius 2 is 2.29 bits per heavy atom. The fraction of sp³-hybridized carbons (Fsp3) is 0.917. The fourth-order valence-corrected chi connectivity index (χ4v) is 1.84. The summed E-state index contributed by atoms with van der Waals surface area (Å²) >= 11 is 0. The van der Waals surface area contributed by atoms with Crippen LogP contribution in [-0.4, -0.2) is 44.5 Å². The van der Waals surface area contributed by atoms with Crippen molar-refractivity contribution in [1.82, 2.24) is 5.32 Å². The molecule has 1 saturated carbocycles. The summed E-state index contributed by atoms with van der Waals surface area (Å²) in [6, 6.07) is 0.578. The summed E-state index contributed by atoms with van der Waals surface area (Å²) in [6.45, 7) is 3.08. The molecule has 0 radical (unpaired) electrons. The smallest absolute Gasteiger partial charge is 0.188 e. The molecular weight excluding hydrogens is 218 g/mol. The summed E-state index contributed by atoms with van der Waals surface area (Å²) < 4.78 is 11.0. The van der Waals surface area contributed by atoms with E-state index in [4.69, 9.17) is 15.2 Å². The van der Waals surface area contributed by atoms with E-state index in [1.807, 2.05) is 0 Å². The van der Waals surface area contributed by atoms with E-state index in [1.54, 1.807) is 0 Å². The second-order valence-corrected chi connectivity index (χ2v) is 4.75. The van der Waals surface area contributed by atoms with E-state index in [0.717, 1.165) is 39.2 Å². The van der Waals surface area contributed by atoms with Gasteiger partial charge < -0.3 is 20.5 Å². The van der Waals surface area contributed by atoms with Gasteiger partial charge in [-0.1, -0.05) is 0 Å². The van der Waals surface area contributed by atoms with Crippen molar-refractivity contribution < 1.29 is 9.47 Å². The van der Waals surface area contributed by atoms with Crippen molar-refractivity contribution in [2.45, 2.75) is 44.2 Å². The minimum atomic E-state index is 0.320. The molecule has 98 valence electrons. The van der Waals surface area contributed by atoms with Gasteiger partial charge in [0.25, 0.3) is 0 Å². The minimum absolute atomic E-state index is 0.320. The number of nitrogens with one attached hydrogen (secondary N) is 1. The van der Waals surface area contributed by atoms with E-state index in [9.17, 15) is 0 Å². The van der Waals surface area contributed by atoms with E-state index in [-0.39, 0.29) is 0 Å². The highest BCUT2D eigenvalue weighted by molar-refractivity contribution is 5.78. The van der Waals surface area contributed by atoms with Crippen molar-refractivity contribution in [1.29, 1.82) is 0 Å². The SMILES string of the molecule is NC(=NCCCOC[C@H]1CCCO1)NC1CC1. The van der Waals surface area contributed by atoms with Crippen LogP contribution in [0.5, 0.6) is 0 Å². The lowest BCUT2D eigenvalue weighted by Crippen LogP contribution is -2.33. The maximum atomic E-state index is 5.71. The molecule has 5 nitrogen and oxygen atoms in total. The molecule has 0 spiro atoms. The molecule has 2 fully saturated rings. The first-order valence-electron chi connectivity index (χ1n) is 6.60. The van der Waals surface area contributed by atoms with Gasteiger partial charge >= 0.3 is 0 Å². The molecule has 1 aliphatic heterocycles. The van der Waals surface area contributed by atoms with Gasteiger partial charge in [-0.2, -0.15) is 0 Å². The Labute approximate surface area is 103 Å². The van der Waals surface area contributed by atoms with E-state index < -0.39 is 0 Å². The molecule has 1 saturated heterocycles. The van der Waals surface area contributed by atoms with Gasteiger partial charge in [0.2, 0.25) is 0 Å². The summed E-state index contributed by atoms with van der Waals surface area (Å²) in [5.41, 5.74) is 5.71. The lowest BCUT2D eigenvalue weighted by atomic mass is 10.2. The van der Waals surface area contributed by atoms with Crippen molar-refractivity contribution in [2.24, 2.45) is 10.7 Å². The molecule has 5 heteroatoms. The zero-order chi connectivity index (χ0) is 11.9. The first-order valence-corrected chi connectivity index (χ1v) is 6.60. The molecule has 0 aromatic rings. The highest BCUT2D eigenvalue weighted by Gasteiger charge is 2.21. The number of hydrogen-bond acceptors (Lipinski definition) is 3.